The van der Waals surface area contributed by atoms with Crippen molar-refractivity contribution in [3.63, 3.8) is 0 Å². The van der Waals surface area contributed by atoms with Gasteiger partial charge in [-0.1, -0.05) is 33.6 Å². The third-order valence-electron chi connectivity index (χ3n) is 5.39. The molecule has 0 fully saturated rings. The Morgan fingerprint density at radius 1 is 1.10 bits per heavy atom. The molecule has 3 aromatic carbocycles. The largest absolute Gasteiger partial charge is 0.508 e. The standard InChI is InChI=1S/C23H17BrClFN2O3/c24-13-5-6-19(29)14(9-13)18-10-17(12-4-7-20-21(8-12)31-11-30-20)27-23(28-18)22-15(25)2-1-3-16(22)26/h1-9,18,23,28-29H,10-11H2. The summed E-state index contributed by atoms with van der Waals surface area (Å²) in [5.74, 6) is 1.01. The summed E-state index contributed by atoms with van der Waals surface area (Å²) in [7, 11) is 0. The van der Waals surface area contributed by atoms with Crippen LogP contribution in [0.5, 0.6) is 17.2 Å². The van der Waals surface area contributed by atoms with Crippen LogP contribution < -0.4 is 14.8 Å². The second-order valence-electron chi connectivity index (χ2n) is 7.31. The van der Waals surface area contributed by atoms with Crippen LogP contribution in [0.15, 0.2) is 64.1 Å². The van der Waals surface area contributed by atoms with Crippen molar-refractivity contribution in [2.75, 3.05) is 6.79 Å². The fourth-order valence-electron chi connectivity index (χ4n) is 3.88. The third kappa shape index (κ3) is 3.89. The number of ether oxygens (including phenoxy) is 2. The van der Waals surface area contributed by atoms with Crippen molar-refractivity contribution >= 4 is 33.2 Å². The average Bonchev–Trinajstić information content (AvgIpc) is 3.23. The second-order valence-corrected chi connectivity index (χ2v) is 8.63. The molecule has 0 amide bonds. The summed E-state index contributed by atoms with van der Waals surface area (Å²) in [6.07, 6.45) is -0.252. The zero-order valence-electron chi connectivity index (χ0n) is 16.1. The molecule has 0 aromatic heterocycles. The van der Waals surface area contributed by atoms with E-state index in [1.165, 1.54) is 6.07 Å². The maximum Gasteiger partial charge on any atom is 0.231 e. The Balaban J connectivity index is 1.61. The van der Waals surface area contributed by atoms with E-state index in [4.69, 9.17) is 26.1 Å². The molecule has 2 N–H and O–H groups in total. The Labute approximate surface area is 191 Å². The minimum atomic E-state index is -0.730. The lowest BCUT2D eigenvalue weighted by molar-refractivity contribution is 0.174. The van der Waals surface area contributed by atoms with Crippen LogP contribution in [0.4, 0.5) is 4.39 Å². The van der Waals surface area contributed by atoms with Gasteiger partial charge in [-0.05, 0) is 54.1 Å². The maximum absolute atomic E-state index is 14.7. The van der Waals surface area contributed by atoms with E-state index in [9.17, 15) is 9.50 Å². The summed E-state index contributed by atoms with van der Waals surface area (Å²) < 4.78 is 26.5. The molecule has 8 heteroatoms. The van der Waals surface area contributed by atoms with E-state index in [1.54, 1.807) is 24.3 Å². The molecule has 0 saturated carbocycles. The Morgan fingerprint density at radius 2 is 1.94 bits per heavy atom. The smallest absolute Gasteiger partial charge is 0.231 e. The Kier molecular flexibility index (Phi) is 5.33. The highest BCUT2D eigenvalue weighted by Crippen LogP contribution is 2.39. The summed E-state index contributed by atoms with van der Waals surface area (Å²) in [5, 5.41) is 14.1. The Hall–Kier alpha value is -2.61. The lowest BCUT2D eigenvalue weighted by Crippen LogP contribution is -2.33. The van der Waals surface area contributed by atoms with E-state index >= 15 is 0 Å². The molecule has 2 atom stereocenters. The second kappa shape index (κ2) is 8.15. The van der Waals surface area contributed by atoms with E-state index in [0.29, 0.717) is 23.5 Å². The maximum atomic E-state index is 14.7. The highest BCUT2D eigenvalue weighted by atomic mass is 79.9. The number of phenolic OH excluding ortho intramolecular Hbond substituents is 1. The van der Waals surface area contributed by atoms with Crippen LogP contribution in [0, 0.1) is 5.82 Å². The van der Waals surface area contributed by atoms with Gasteiger partial charge in [0.15, 0.2) is 11.5 Å². The number of hydrogen-bond donors (Lipinski definition) is 2. The van der Waals surface area contributed by atoms with E-state index in [-0.39, 0.29) is 29.2 Å². The first-order chi connectivity index (χ1) is 15.0. The molecule has 2 aliphatic heterocycles. The van der Waals surface area contributed by atoms with Gasteiger partial charge in [-0.2, -0.15) is 0 Å². The van der Waals surface area contributed by atoms with Crippen molar-refractivity contribution in [1.29, 1.82) is 0 Å². The normalized spacial score (nSPS) is 19.9. The number of aromatic hydroxyl groups is 1. The molecule has 0 bridgehead atoms. The van der Waals surface area contributed by atoms with Crippen LogP contribution in [0.3, 0.4) is 0 Å². The van der Waals surface area contributed by atoms with Crippen LogP contribution in [0.25, 0.3) is 0 Å². The van der Waals surface area contributed by atoms with Gasteiger partial charge in [0.1, 0.15) is 17.7 Å². The van der Waals surface area contributed by atoms with Crippen molar-refractivity contribution in [1.82, 2.24) is 5.32 Å². The van der Waals surface area contributed by atoms with Gasteiger partial charge in [0.05, 0.1) is 5.02 Å². The zero-order valence-corrected chi connectivity index (χ0v) is 18.5. The molecule has 5 rings (SSSR count). The van der Waals surface area contributed by atoms with Gasteiger partial charge in [0.25, 0.3) is 0 Å². The number of nitrogens with one attached hydrogen (secondary N) is 1. The van der Waals surface area contributed by atoms with Gasteiger partial charge in [0, 0.05) is 33.8 Å². The van der Waals surface area contributed by atoms with Crippen molar-refractivity contribution in [3.8, 4) is 17.2 Å². The Morgan fingerprint density at radius 3 is 2.77 bits per heavy atom. The molecule has 158 valence electrons. The third-order valence-corrected chi connectivity index (χ3v) is 6.21. The summed E-state index contributed by atoms with van der Waals surface area (Å²) in [4.78, 5) is 4.79. The van der Waals surface area contributed by atoms with E-state index in [0.717, 1.165) is 15.7 Å². The first-order valence-corrected chi connectivity index (χ1v) is 10.8. The predicted octanol–water partition coefficient (Wildman–Crippen LogP) is 5.90. The number of rotatable bonds is 3. The average molecular weight is 504 g/mol. The van der Waals surface area contributed by atoms with Gasteiger partial charge in [0.2, 0.25) is 6.79 Å². The summed E-state index contributed by atoms with van der Waals surface area (Å²) in [5.41, 5.74) is 2.52. The molecule has 2 aliphatic rings. The van der Waals surface area contributed by atoms with Gasteiger partial charge in [-0.3, -0.25) is 10.3 Å². The minimum absolute atomic E-state index is 0.144. The molecule has 5 nitrogen and oxygen atoms in total. The first-order valence-electron chi connectivity index (χ1n) is 9.64. The molecule has 0 radical (unpaired) electrons. The first kappa shape index (κ1) is 20.3. The quantitative estimate of drug-likeness (QED) is 0.467. The van der Waals surface area contributed by atoms with E-state index in [2.05, 4.69) is 21.2 Å². The molecular weight excluding hydrogens is 487 g/mol. The van der Waals surface area contributed by atoms with Crippen molar-refractivity contribution in [3.05, 3.63) is 86.6 Å². The number of fused-ring (bicyclic) bond motifs is 1. The fourth-order valence-corrected chi connectivity index (χ4v) is 4.53. The highest BCUT2D eigenvalue weighted by molar-refractivity contribution is 9.10. The van der Waals surface area contributed by atoms with Gasteiger partial charge in [-0.25, -0.2) is 4.39 Å². The predicted molar refractivity (Wildman–Crippen MR) is 120 cm³/mol. The van der Waals surface area contributed by atoms with E-state index < -0.39 is 12.0 Å². The number of aliphatic imine (C=N–C) groups is 1. The van der Waals surface area contributed by atoms with Gasteiger partial charge >= 0.3 is 0 Å². The van der Waals surface area contributed by atoms with Crippen molar-refractivity contribution < 1.29 is 19.0 Å². The van der Waals surface area contributed by atoms with Gasteiger partial charge in [-0.15, -0.1) is 0 Å². The van der Waals surface area contributed by atoms with Crippen LogP contribution in [0.2, 0.25) is 5.02 Å². The van der Waals surface area contributed by atoms with E-state index in [1.807, 2.05) is 24.3 Å². The number of benzene rings is 3. The number of phenols is 1. The molecule has 2 unspecified atom stereocenters. The van der Waals surface area contributed by atoms with Gasteiger partial charge < -0.3 is 14.6 Å². The van der Waals surface area contributed by atoms with Crippen LogP contribution >= 0.6 is 27.5 Å². The summed E-state index contributed by atoms with van der Waals surface area (Å²) >= 11 is 9.80. The number of hydrogen-bond acceptors (Lipinski definition) is 5. The van der Waals surface area contributed by atoms with Crippen LogP contribution in [0.1, 0.15) is 35.3 Å². The molecule has 0 spiro atoms. The molecule has 0 aliphatic carbocycles. The molecule has 2 heterocycles. The zero-order chi connectivity index (χ0) is 21.5. The minimum Gasteiger partial charge on any atom is -0.508 e. The highest BCUT2D eigenvalue weighted by Gasteiger charge is 2.31. The van der Waals surface area contributed by atoms with Crippen LogP contribution in [-0.2, 0) is 0 Å². The van der Waals surface area contributed by atoms with Crippen molar-refractivity contribution in [2.24, 2.45) is 4.99 Å². The lowest BCUT2D eigenvalue weighted by atomic mass is 9.93. The number of halogens is 3. The fraction of sp³-hybridized carbons (Fsp3) is 0.174. The summed E-state index contributed by atoms with van der Waals surface area (Å²) in [6, 6.07) is 15.1. The lowest BCUT2D eigenvalue weighted by Gasteiger charge is -2.31. The SMILES string of the molecule is Oc1ccc(Br)cc1C1CC(c2ccc3c(c2)OCO3)=NC(c2c(F)cccc2Cl)N1. The summed E-state index contributed by atoms with van der Waals surface area (Å²) in [6.45, 7) is 0.175. The molecule has 31 heavy (non-hydrogen) atoms. The number of nitrogens with zero attached hydrogens (tertiary/aromatic N) is 1. The molecular formula is C23H17BrClFN2O3. The Bertz CT molecular complexity index is 1180. The van der Waals surface area contributed by atoms with Crippen LogP contribution in [-0.4, -0.2) is 17.6 Å². The monoisotopic (exact) mass is 502 g/mol. The molecule has 3 aromatic rings. The van der Waals surface area contributed by atoms with Crippen molar-refractivity contribution in [2.45, 2.75) is 18.6 Å². The molecule has 0 saturated heterocycles. The topological polar surface area (TPSA) is 63.1 Å².